The Morgan fingerprint density at radius 3 is 2.40 bits per heavy atom. The zero-order chi connectivity index (χ0) is 21.6. The van der Waals surface area contributed by atoms with Crippen LogP contribution in [0.15, 0.2) is 82.8 Å². The number of nitrogens with one attached hydrogen (secondary N) is 1. The zero-order valence-electron chi connectivity index (χ0n) is 15.6. The van der Waals surface area contributed by atoms with Crippen LogP contribution in [0.5, 0.6) is 5.75 Å². The van der Waals surface area contributed by atoms with E-state index in [9.17, 15) is 18.5 Å². The minimum atomic E-state index is -4.05. The molecule has 0 radical (unpaired) electrons. The lowest BCUT2D eigenvalue weighted by molar-refractivity contribution is -0.384. The predicted molar refractivity (Wildman–Crippen MR) is 113 cm³/mol. The molecule has 0 unspecified atom stereocenters. The van der Waals surface area contributed by atoms with E-state index >= 15 is 0 Å². The standard InChI is InChI=1S/C20H18N4O5S/c21-30(27,28)18-10-11-19(20(12-18)24(25)26)23-22-13-15-6-8-17(9-7-15)29-14-16-4-2-1-3-5-16/h1-13,23H,14H2,(H2,21,27,28)/b22-13+. The van der Waals surface area contributed by atoms with Gasteiger partial charge in [0.15, 0.2) is 0 Å². The summed E-state index contributed by atoms with van der Waals surface area (Å²) in [6, 6.07) is 20.2. The summed E-state index contributed by atoms with van der Waals surface area (Å²) in [7, 11) is -4.05. The lowest BCUT2D eigenvalue weighted by Gasteiger charge is -2.06. The van der Waals surface area contributed by atoms with E-state index in [-0.39, 0.29) is 10.6 Å². The Labute approximate surface area is 173 Å². The predicted octanol–water partition coefficient (Wildman–Crippen LogP) is 3.27. The number of nitrogens with two attached hydrogens (primary N) is 1. The van der Waals surface area contributed by atoms with Gasteiger partial charge in [0.05, 0.1) is 16.0 Å². The molecule has 0 aliphatic heterocycles. The quantitative estimate of drug-likeness (QED) is 0.322. The molecule has 0 aliphatic rings. The first-order valence-electron chi connectivity index (χ1n) is 8.70. The molecular formula is C20H18N4O5S. The molecule has 0 aliphatic carbocycles. The van der Waals surface area contributed by atoms with Crippen molar-refractivity contribution in [1.82, 2.24) is 0 Å². The number of primary sulfonamides is 1. The molecule has 0 saturated carbocycles. The van der Waals surface area contributed by atoms with Gasteiger partial charge >= 0.3 is 0 Å². The monoisotopic (exact) mass is 426 g/mol. The van der Waals surface area contributed by atoms with Crippen LogP contribution < -0.4 is 15.3 Å². The van der Waals surface area contributed by atoms with Crippen molar-refractivity contribution in [3.63, 3.8) is 0 Å². The van der Waals surface area contributed by atoms with Crippen molar-refractivity contribution in [3.05, 3.63) is 94.0 Å². The zero-order valence-corrected chi connectivity index (χ0v) is 16.5. The first-order chi connectivity index (χ1) is 14.3. The Morgan fingerprint density at radius 1 is 1.07 bits per heavy atom. The number of anilines is 1. The maximum Gasteiger partial charge on any atom is 0.295 e. The van der Waals surface area contributed by atoms with Crippen molar-refractivity contribution in [3.8, 4) is 5.75 Å². The molecule has 0 atom stereocenters. The number of hydrazone groups is 1. The second-order valence-electron chi connectivity index (χ2n) is 6.19. The molecule has 0 spiro atoms. The number of benzene rings is 3. The Hall–Kier alpha value is -3.76. The van der Waals surface area contributed by atoms with E-state index in [1.807, 2.05) is 30.3 Å². The first-order valence-corrected chi connectivity index (χ1v) is 10.2. The summed E-state index contributed by atoms with van der Waals surface area (Å²) in [6.07, 6.45) is 1.47. The van der Waals surface area contributed by atoms with E-state index in [2.05, 4.69) is 10.5 Å². The molecule has 3 aromatic carbocycles. The van der Waals surface area contributed by atoms with Crippen LogP contribution in [-0.2, 0) is 16.6 Å². The van der Waals surface area contributed by atoms with Crippen LogP contribution in [0.2, 0.25) is 0 Å². The number of hydrogen-bond acceptors (Lipinski definition) is 7. The lowest BCUT2D eigenvalue weighted by atomic mass is 10.2. The number of nitrogens with zero attached hydrogens (tertiary/aromatic N) is 2. The SMILES string of the molecule is NS(=O)(=O)c1ccc(N/N=C/c2ccc(OCc3ccccc3)cc2)c([N+](=O)[O-])c1. The molecule has 9 nitrogen and oxygen atoms in total. The molecular weight excluding hydrogens is 408 g/mol. The highest BCUT2D eigenvalue weighted by Gasteiger charge is 2.18. The molecule has 0 amide bonds. The smallest absolute Gasteiger partial charge is 0.295 e. The molecule has 3 rings (SSSR count). The number of rotatable bonds is 8. The van der Waals surface area contributed by atoms with Crippen LogP contribution in [0.25, 0.3) is 0 Å². The highest BCUT2D eigenvalue weighted by molar-refractivity contribution is 7.89. The molecule has 0 heterocycles. The van der Waals surface area contributed by atoms with Gasteiger partial charge in [-0.3, -0.25) is 15.5 Å². The van der Waals surface area contributed by atoms with Gasteiger partial charge in [-0.05, 0) is 47.5 Å². The lowest BCUT2D eigenvalue weighted by Crippen LogP contribution is -2.12. The number of hydrogen-bond donors (Lipinski definition) is 2. The van der Waals surface area contributed by atoms with Gasteiger partial charge in [-0.1, -0.05) is 30.3 Å². The van der Waals surface area contributed by atoms with Crippen LogP contribution in [-0.4, -0.2) is 19.6 Å². The maximum absolute atomic E-state index is 11.4. The van der Waals surface area contributed by atoms with Crippen molar-refractivity contribution in [2.24, 2.45) is 10.2 Å². The second-order valence-corrected chi connectivity index (χ2v) is 7.76. The van der Waals surface area contributed by atoms with Gasteiger partial charge in [0.25, 0.3) is 5.69 Å². The molecule has 0 fully saturated rings. The number of ether oxygens (including phenoxy) is 1. The van der Waals surface area contributed by atoms with E-state index in [1.54, 1.807) is 24.3 Å². The first kappa shape index (κ1) is 21.0. The van der Waals surface area contributed by atoms with Crippen LogP contribution in [0.1, 0.15) is 11.1 Å². The molecule has 30 heavy (non-hydrogen) atoms. The third-order valence-electron chi connectivity index (χ3n) is 4.02. The minimum absolute atomic E-state index is 0.0338. The fourth-order valence-electron chi connectivity index (χ4n) is 2.50. The number of nitro groups is 1. The summed E-state index contributed by atoms with van der Waals surface area (Å²) in [5.41, 5.74) is 3.91. The molecule has 10 heteroatoms. The molecule has 0 aromatic heterocycles. The fraction of sp³-hybridized carbons (Fsp3) is 0.0500. The summed E-state index contributed by atoms with van der Waals surface area (Å²) in [4.78, 5) is 10.1. The Morgan fingerprint density at radius 2 is 1.77 bits per heavy atom. The molecule has 154 valence electrons. The summed E-state index contributed by atoms with van der Waals surface area (Å²) in [6.45, 7) is 0.452. The van der Waals surface area contributed by atoms with Crippen molar-refractivity contribution >= 4 is 27.6 Å². The largest absolute Gasteiger partial charge is 0.489 e. The minimum Gasteiger partial charge on any atom is -0.489 e. The van der Waals surface area contributed by atoms with Gasteiger partial charge in [-0.15, -0.1) is 0 Å². The number of nitro benzene ring substituents is 1. The van der Waals surface area contributed by atoms with E-state index in [0.717, 1.165) is 17.2 Å². The van der Waals surface area contributed by atoms with E-state index < -0.39 is 20.6 Å². The third-order valence-corrected chi connectivity index (χ3v) is 4.93. The van der Waals surface area contributed by atoms with Gasteiger partial charge in [-0.2, -0.15) is 5.10 Å². The summed E-state index contributed by atoms with van der Waals surface area (Å²) < 4.78 is 28.4. The summed E-state index contributed by atoms with van der Waals surface area (Å²) >= 11 is 0. The highest BCUT2D eigenvalue weighted by atomic mass is 32.2. The molecule has 0 bridgehead atoms. The maximum atomic E-state index is 11.4. The second kappa shape index (κ2) is 9.16. The molecule has 3 N–H and O–H groups in total. The normalized spacial score (nSPS) is 11.4. The van der Waals surface area contributed by atoms with E-state index in [1.165, 1.54) is 18.3 Å². The number of sulfonamides is 1. The van der Waals surface area contributed by atoms with Gasteiger partial charge in [0.1, 0.15) is 18.0 Å². The molecule has 3 aromatic rings. The van der Waals surface area contributed by atoms with Crippen LogP contribution in [0.4, 0.5) is 11.4 Å². The summed E-state index contributed by atoms with van der Waals surface area (Å²) in [5.74, 6) is 0.693. The van der Waals surface area contributed by atoms with Crippen LogP contribution in [0, 0.1) is 10.1 Å². The van der Waals surface area contributed by atoms with Gasteiger partial charge in [0, 0.05) is 6.07 Å². The van der Waals surface area contributed by atoms with Gasteiger partial charge in [-0.25, -0.2) is 13.6 Å². The third kappa shape index (κ3) is 5.63. The van der Waals surface area contributed by atoms with Crippen molar-refractivity contribution < 1.29 is 18.1 Å². The topological polar surface area (TPSA) is 137 Å². The van der Waals surface area contributed by atoms with Crippen molar-refractivity contribution in [1.29, 1.82) is 0 Å². The van der Waals surface area contributed by atoms with Crippen LogP contribution >= 0.6 is 0 Å². The summed E-state index contributed by atoms with van der Waals surface area (Å²) in [5, 5.41) is 20.2. The van der Waals surface area contributed by atoms with Crippen molar-refractivity contribution in [2.45, 2.75) is 11.5 Å². The molecule has 0 saturated heterocycles. The average molecular weight is 426 g/mol. The highest BCUT2D eigenvalue weighted by Crippen LogP contribution is 2.27. The Balaban J connectivity index is 1.64. The fourth-order valence-corrected chi connectivity index (χ4v) is 3.04. The Kier molecular flexibility index (Phi) is 6.40. The van der Waals surface area contributed by atoms with E-state index in [0.29, 0.717) is 12.4 Å². The van der Waals surface area contributed by atoms with Crippen LogP contribution in [0.3, 0.4) is 0 Å². The average Bonchev–Trinajstić information content (AvgIpc) is 2.73. The Bertz CT molecular complexity index is 1160. The van der Waals surface area contributed by atoms with Gasteiger partial charge < -0.3 is 4.74 Å². The van der Waals surface area contributed by atoms with Crippen molar-refractivity contribution in [2.75, 3.05) is 5.43 Å². The van der Waals surface area contributed by atoms with Gasteiger partial charge in [0.2, 0.25) is 10.0 Å². The van der Waals surface area contributed by atoms with E-state index in [4.69, 9.17) is 9.88 Å².